The maximum absolute atomic E-state index is 13.4. The number of halogens is 3. The summed E-state index contributed by atoms with van der Waals surface area (Å²) in [5, 5.41) is 0. The van der Waals surface area contributed by atoms with Crippen molar-refractivity contribution in [2.75, 3.05) is 0 Å². The van der Waals surface area contributed by atoms with Gasteiger partial charge in [-0.3, -0.25) is 0 Å². The highest BCUT2D eigenvalue weighted by molar-refractivity contribution is 9.10. The number of benzene rings is 1. The summed E-state index contributed by atoms with van der Waals surface area (Å²) in [6, 6.07) is 5.23. The van der Waals surface area contributed by atoms with Crippen molar-refractivity contribution < 1.29 is 4.39 Å². The summed E-state index contributed by atoms with van der Waals surface area (Å²) in [6.45, 7) is 6.56. The highest BCUT2D eigenvalue weighted by atomic mass is 79.9. The maximum atomic E-state index is 13.4. The van der Waals surface area contributed by atoms with E-state index in [-0.39, 0.29) is 11.2 Å². The molecule has 1 unspecified atom stereocenters. The molecule has 1 rings (SSSR count). The SMILES string of the molecule is CC(Br)CC(C)(C)Cc1cccc(F)c1Br. The van der Waals surface area contributed by atoms with Gasteiger partial charge in [0, 0.05) is 4.83 Å². The van der Waals surface area contributed by atoms with Crippen LogP contribution >= 0.6 is 31.9 Å². The van der Waals surface area contributed by atoms with Crippen LogP contribution in [0.4, 0.5) is 4.39 Å². The van der Waals surface area contributed by atoms with Crippen LogP contribution in [-0.2, 0) is 6.42 Å². The van der Waals surface area contributed by atoms with E-state index in [0.29, 0.717) is 9.30 Å². The lowest BCUT2D eigenvalue weighted by Crippen LogP contribution is -2.19. The molecule has 0 aliphatic rings. The van der Waals surface area contributed by atoms with Gasteiger partial charge in [0.1, 0.15) is 5.82 Å². The molecule has 0 spiro atoms. The van der Waals surface area contributed by atoms with E-state index in [9.17, 15) is 4.39 Å². The van der Waals surface area contributed by atoms with Crippen LogP contribution < -0.4 is 0 Å². The topological polar surface area (TPSA) is 0 Å². The molecule has 0 aliphatic carbocycles. The van der Waals surface area contributed by atoms with Gasteiger partial charge >= 0.3 is 0 Å². The van der Waals surface area contributed by atoms with Crippen molar-refractivity contribution in [1.82, 2.24) is 0 Å². The quantitative estimate of drug-likeness (QED) is 0.643. The van der Waals surface area contributed by atoms with Crippen molar-refractivity contribution in [3.05, 3.63) is 34.1 Å². The Labute approximate surface area is 114 Å². The average Bonchev–Trinajstić information content (AvgIpc) is 2.10. The second-order valence-electron chi connectivity index (χ2n) is 5.04. The molecule has 16 heavy (non-hydrogen) atoms. The van der Waals surface area contributed by atoms with E-state index in [1.807, 2.05) is 6.07 Å². The smallest absolute Gasteiger partial charge is 0.137 e. The van der Waals surface area contributed by atoms with Crippen molar-refractivity contribution in [2.45, 2.75) is 38.4 Å². The zero-order chi connectivity index (χ0) is 12.3. The van der Waals surface area contributed by atoms with Crippen molar-refractivity contribution in [2.24, 2.45) is 5.41 Å². The van der Waals surface area contributed by atoms with E-state index >= 15 is 0 Å². The Bertz CT molecular complexity index is 359. The van der Waals surface area contributed by atoms with E-state index in [2.05, 4.69) is 52.6 Å². The van der Waals surface area contributed by atoms with Crippen LogP contribution in [0.3, 0.4) is 0 Å². The maximum Gasteiger partial charge on any atom is 0.137 e. The highest BCUT2D eigenvalue weighted by Crippen LogP contribution is 2.33. The van der Waals surface area contributed by atoms with Gasteiger partial charge in [0.25, 0.3) is 0 Å². The van der Waals surface area contributed by atoms with Crippen LogP contribution in [0.15, 0.2) is 22.7 Å². The third kappa shape index (κ3) is 4.17. The monoisotopic (exact) mass is 350 g/mol. The number of alkyl halides is 1. The first kappa shape index (κ1) is 14.2. The molecule has 1 atom stereocenters. The molecule has 0 bridgehead atoms. The molecule has 1 aromatic rings. The molecule has 0 nitrogen and oxygen atoms in total. The summed E-state index contributed by atoms with van der Waals surface area (Å²) in [6.07, 6.45) is 1.94. The normalized spacial score (nSPS) is 13.9. The minimum absolute atomic E-state index is 0.166. The van der Waals surface area contributed by atoms with Gasteiger partial charge in [-0.2, -0.15) is 0 Å². The predicted octanol–water partition coefficient (Wildman–Crippen LogP) is 5.33. The first-order chi connectivity index (χ1) is 7.32. The van der Waals surface area contributed by atoms with Crippen LogP contribution in [-0.4, -0.2) is 4.83 Å². The van der Waals surface area contributed by atoms with Crippen LogP contribution in [0.1, 0.15) is 32.8 Å². The van der Waals surface area contributed by atoms with Crippen molar-refractivity contribution in [3.8, 4) is 0 Å². The molecule has 0 saturated heterocycles. The zero-order valence-electron chi connectivity index (χ0n) is 9.86. The summed E-state index contributed by atoms with van der Waals surface area (Å²) >= 11 is 6.88. The van der Waals surface area contributed by atoms with E-state index in [4.69, 9.17) is 0 Å². The largest absolute Gasteiger partial charge is 0.206 e. The van der Waals surface area contributed by atoms with Crippen LogP contribution in [0.2, 0.25) is 0 Å². The Balaban J connectivity index is 2.83. The van der Waals surface area contributed by atoms with Crippen LogP contribution in [0.25, 0.3) is 0 Å². The Morgan fingerprint density at radius 2 is 2.00 bits per heavy atom. The fraction of sp³-hybridized carbons (Fsp3) is 0.538. The van der Waals surface area contributed by atoms with Gasteiger partial charge < -0.3 is 0 Å². The lowest BCUT2D eigenvalue weighted by atomic mass is 9.82. The second kappa shape index (κ2) is 5.63. The molecule has 0 aliphatic heterocycles. The molecule has 0 aromatic heterocycles. The van der Waals surface area contributed by atoms with Gasteiger partial charge in [0.2, 0.25) is 0 Å². The lowest BCUT2D eigenvalue weighted by molar-refractivity contribution is 0.334. The molecule has 3 heteroatoms. The summed E-state index contributed by atoms with van der Waals surface area (Å²) in [5.41, 5.74) is 1.21. The summed E-state index contributed by atoms with van der Waals surface area (Å²) in [5.74, 6) is -0.180. The van der Waals surface area contributed by atoms with Gasteiger partial charge in [-0.25, -0.2) is 4.39 Å². The van der Waals surface area contributed by atoms with Crippen molar-refractivity contribution >= 4 is 31.9 Å². The Hall–Kier alpha value is 0.110. The van der Waals surface area contributed by atoms with Crippen molar-refractivity contribution in [1.29, 1.82) is 0 Å². The standard InChI is InChI=1S/C13H17Br2F/c1-9(14)7-13(2,3)8-10-5-4-6-11(16)12(10)15/h4-6,9H,7-8H2,1-3H3. The fourth-order valence-corrected chi connectivity index (χ4v) is 3.32. The molecular weight excluding hydrogens is 335 g/mol. The first-order valence-corrected chi connectivity index (χ1v) is 7.10. The molecule has 0 radical (unpaired) electrons. The van der Waals surface area contributed by atoms with Crippen molar-refractivity contribution in [3.63, 3.8) is 0 Å². The summed E-state index contributed by atoms with van der Waals surface area (Å²) in [4.78, 5) is 0.481. The Morgan fingerprint density at radius 1 is 1.38 bits per heavy atom. The molecule has 0 saturated carbocycles. The predicted molar refractivity (Wildman–Crippen MR) is 74.6 cm³/mol. The first-order valence-electron chi connectivity index (χ1n) is 5.39. The molecule has 0 fully saturated rings. The molecule has 0 amide bonds. The molecule has 0 N–H and O–H groups in total. The minimum atomic E-state index is -0.180. The van der Waals surface area contributed by atoms with E-state index < -0.39 is 0 Å². The van der Waals surface area contributed by atoms with E-state index in [0.717, 1.165) is 18.4 Å². The Morgan fingerprint density at radius 3 is 2.56 bits per heavy atom. The second-order valence-corrected chi connectivity index (χ2v) is 7.39. The Kier molecular flexibility index (Phi) is 4.99. The van der Waals surface area contributed by atoms with Crippen LogP contribution in [0.5, 0.6) is 0 Å². The zero-order valence-corrected chi connectivity index (χ0v) is 13.0. The fourth-order valence-electron chi connectivity index (χ4n) is 2.03. The van der Waals surface area contributed by atoms with Gasteiger partial charge in [0.15, 0.2) is 0 Å². The van der Waals surface area contributed by atoms with Gasteiger partial charge in [0.05, 0.1) is 4.47 Å². The lowest BCUT2D eigenvalue weighted by Gasteiger charge is -2.26. The average molecular weight is 352 g/mol. The summed E-state index contributed by atoms with van der Waals surface area (Å²) < 4.78 is 14.0. The highest BCUT2D eigenvalue weighted by Gasteiger charge is 2.22. The molecule has 0 heterocycles. The van der Waals surface area contributed by atoms with Crippen LogP contribution in [0, 0.1) is 11.2 Å². The number of rotatable bonds is 4. The third-order valence-electron chi connectivity index (χ3n) is 2.53. The molecule has 90 valence electrons. The third-order valence-corrected chi connectivity index (χ3v) is 3.75. The number of hydrogen-bond donors (Lipinski definition) is 0. The van der Waals surface area contributed by atoms with Gasteiger partial charge in [-0.05, 0) is 45.8 Å². The van der Waals surface area contributed by atoms with Gasteiger partial charge in [-0.1, -0.05) is 48.8 Å². The molecular formula is C13H17Br2F. The summed E-state index contributed by atoms with van der Waals surface area (Å²) in [7, 11) is 0. The minimum Gasteiger partial charge on any atom is -0.206 e. The van der Waals surface area contributed by atoms with E-state index in [1.165, 1.54) is 6.07 Å². The van der Waals surface area contributed by atoms with E-state index in [1.54, 1.807) is 6.07 Å². The number of hydrogen-bond acceptors (Lipinski definition) is 0. The molecule has 1 aromatic carbocycles. The van der Waals surface area contributed by atoms with Gasteiger partial charge in [-0.15, -0.1) is 0 Å².